The van der Waals surface area contributed by atoms with E-state index < -0.39 is 11.4 Å². The number of hydrogen-bond acceptors (Lipinski definition) is 4. The number of carboxylic acids is 1. The molecule has 0 saturated heterocycles. The molecule has 0 bridgehead atoms. The van der Waals surface area contributed by atoms with Gasteiger partial charge in [0.1, 0.15) is 12.2 Å². The van der Waals surface area contributed by atoms with Crippen molar-refractivity contribution in [2.45, 2.75) is 25.7 Å². The fourth-order valence-corrected chi connectivity index (χ4v) is 2.14. The average molecular weight is 238 g/mol. The number of carboxylic acid groups (broad SMARTS) is 1. The van der Waals surface area contributed by atoms with Crippen molar-refractivity contribution in [3.8, 4) is 0 Å². The maximum Gasteiger partial charge on any atom is 0.311 e. The van der Waals surface area contributed by atoms with E-state index in [0.717, 1.165) is 12.8 Å². The van der Waals surface area contributed by atoms with Crippen LogP contribution in [0.25, 0.3) is 0 Å². The van der Waals surface area contributed by atoms with E-state index in [0.29, 0.717) is 24.6 Å². The maximum atomic E-state index is 11.5. The molecule has 6 heteroatoms. The Labute approximate surface area is 99.8 Å². The molecule has 0 radical (unpaired) electrons. The first-order chi connectivity index (χ1) is 8.07. The van der Waals surface area contributed by atoms with Crippen LogP contribution in [0.15, 0.2) is 6.33 Å². The molecule has 6 nitrogen and oxygen atoms in total. The van der Waals surface area contributed by atoms with Gasteiger partial charge < -0.3 is 10.8 Å². The lowest BCUT2D eigenvalue weighted by Crippen LogP contribution is -2.41. The third-order valence-electron chi connectivity index (χ3n) is 3.52. The van der Waals surface area contributed by atoms with Gasteiger partial charge >= 0.3 is 5.97 Å². The highest BCUT2D eigenvalue weighted by Crippen LogP contribution is 2.41. The molecule has 1 heterocycles. The van der Waals surface area contributed by atoms with Crippen molar-refractivity contribution in [2.75, 3.05) is 6.54 Å². The Hall–Kier alpha value is -1.43. The Kier molecular flexibility index (Phi) is 3.15. The molecule has 0 spiro atoms. The quantitative estimate of drug-likeness (QED) is 0.737. The van der Waals surface area contributed by atoms with Crippen LogP contribution in [0.3, 0.4) is 0 Å². The van der Waals surface area contributed by atoms with Crippen LogP contribution < -0.4 is 5.73 Å². The van der Waals surface area contributed by atoms with Crippen molar-refractivity contribution < 1.29 is 9.90 Å². The summed E-state index contributed by atoms with van der Waals surface area (Å²) in [6, 6.07) is 0. The van der Waals surface area contributed by atoms with E-state index in [1.165, 1.54) is 6.33 Å². The fourth-order valence-electron chi connectivity index (χ4n) is 2.14. The summed E-state index contributed by atoms with van der Waals surface area (Å²) in [7, 11) is 1.77. The first-order valence-electron chi connectivity index (χ1n) is 5.84. The number of rotatable bonds is 6. The maximum absolute atomic E-state index is 11.5. The zero-order valence-corrected chi connectivity index (χ0v) is 9.96. The van der Waals surface area contributed by atoms with Gasteiger partial charge in [0.2, 0.25) is 0 Å². The Morgan fingerprint density at radius 1 is 1.71 bits per heavy atom. The third kappa shape index (κ3) is 2.46. The van der Waals surface area contributed by atoms with E-state index >= 15 is 0 Å². The molecule has 2 rings (SSSR count). The molecule has 1 aromatic heterocycles. The number of nitrogens with two attached hydrogens (primary N) is 1. The predicted octanol–water partition coefficient (Wildman–Crippen LogP) is 0.187. The van der Waals surface area contributed by atoms with Crippen LogP contribution in [0, 0.1) is 11.3 Å². The van der Waals surface area contributed by atoms with Gasteiger partial charge in [0, 0.05) is 20.0 Å². The van der Waals surface area contributed by atoms with Crippen LogP contribution in [0.1, 0.15) is 25.1 Å². The molecular formula is C11H18N4O2. The predicted molar refractivity (Wildman–Crippen MR) is 61.2 cm³/mol. The van der Waals surface area contributed by atoms with Gasteiger partial charge in [0.05, 0.1) is 5.41 Å². The molecule has 3 N–H and O–H groups in total. The third-order valence-corrected chi connectivity index (χ3v) is 3.52. The number of carbonyl (C=O) groups is 1. The summed E-state index contributed by atoms with van der Waals surface area (Å²) in [5.74, 6) is 0.372. The van der Waals surface area contributed by atoms with Crippen molar-refractivity contribution in [3.05, 3.63) is 12.2 Å². The van der Waals surface area contributed by atoms with Crippen LogP contribution in [0.2, 0.25) is 0 Å². The second-order valence-corrected chi connectivity index (χ2v) is 4.91. The summed E-state index contributed by atoms with van der Waals surface area (Å²) in [4.78, 5) is 15.6. The van der Waals surface area contributed by atoms with Crippen molar-refractivity contribution in [1.29, 1.82) is 0 Å². The van der Waals surface area contributed by atoms with Crippen LogP contribution >= 0.6 is 0 Å². The van der Waals surface area contributed by atoms with Crippen LogP contribution in [-0.2, 0) is 18.3 Å². The van der Waals surface area contributed by atoms with Gasteiger partial charge in [0.15, 0.2) is 0 Å². The molecule has 94 valence electrons. The molecule has 17 heavy (non-hydrogen) atoms. The smallest absolute Gasteiger partial charge is 0.311 e. The summed E-state index contributed by atoms with van der Waals surface area (Å²) in [5, 5.41) is 13.4. The Bertz CT molecular complexity index is 413. The highest BCUT2D eigenvalue weighted by molar-refractivity contribution is 5.75. The van der Waals surface area contributed by atoms with Gasteiger partial charge in [-0.05, 0) is 12.3 Å². The Morgan fingerprint density at radius 2 is 2.41 bits per heavy atom. The highest BCUT2D eigenvalue weighted by Gasteiger charge is 2.43. The minimum atomic E-state index is -0.887. The second-order valence-electron chi connectivity index (χ2n) is 4.91. The standard InChI is InChI=1S/C11H18N4O2/c1-15-9(13-7-14-15)5-11(6-12,10(16)17)4-8-2-3-8/h7-8H,2-6,12H2,1H3,(H,16,17). The fraction of sp³-hybridized carbons (Fsp3) is 0.727. The zero-order valence-electron chi connectivity index (χ0n) is 9.96. The largest absolute Gasteiger partial charge is 0.481 e. The van der Waals surface area contributed by atoms with Gasteiger partial charge in [-0.1, -0.05) is 12.8 Å². The van der Waals surface area contributed by atoms with Crippen LogP contribution in [0.5, 0.6) is 0 Å². The minimum Gasteiger partial charge on any atom is -0.481 e. The Balaban J connectivity index is 2.19. The van der Waals surface area contributed by atoms with Crippen molar-refractivity contribution >= 4 is 5.97 Å². The van der Waals surface area contributed by atoms with E-state index in [4.69, 9.17) is 5.73 Å². The zero-order chi connectivity index (χ0) is 12.5. The van der Waals surface area contributed by atoms with Gasteiger partial charge in [-0.3, -0.25) is 9.48 Å². The summed E-state index contributed by atoms with van der Waals surface area (Å²) >= 11 is 0. The van der Waals surface area contributed by atoms with E-state index in [9.17, 15) is 9.90 Å². The molecule has 0 aromatic carbocycles. The number of aromatic nitrogens is 3. The normalized spacial score (nSPS) is 18.9. The summed E-state index contributed by atoms with van der Waals surface area (Å²) in [5.41, 5.74) is 4.83. The summed E-state index contributed by atoms with van der Waals surface area (Å²) in [6.07, 6.45) is 4.68. The summed E-state index contributed by atoms with van der Waals surface area (Å²) in [6.45, 7) is 0.145. The van der Waals surface area contributed by atoms with Gasteiger partial charge in [-0.25, -0.2) is 4.98 Å². The van der Waals surface area contributed by atoms with E-state index in [1.807, 2.05) is 0 Å². The van der Waals surface area contributed by atoms with Gasteiger partial charge in [-0.15, -0.1) is 0 Å². The first-order valence-corrected chi connectivity index (χ1v) is 5.84. The molecule has 1 unspecified atom stereocenters. The second kappa shape index (κ2) is 4.44. The lowest BCUT2D eigenvalue weighted by molar-refractivity contribution is -0.149. The molecule has 1 aliphatic rings. The molecule has 0 aliphatic heterocycles. The SMILES string of the molecule is Cn1ncnc1CC(CN)(CC1CC1)C(=O)O. The van der Waals surface area contributed by atoms with Crippen LogP contribution in [0.4, 0.5) is 0 Å². The number of nitrogens with zero attached hydrogens (tertiary/aromatic N) is 3. The molecule has 0 amide bonds. The van der Waals surface area contributed by atoms with E-state index in [1.54, 1.807) is 11.7 Å². The number of aryl methyl sites for hydroxylation is 1. The van der Waals surface area contributed by atoms with Crippen molar-refractivity contribution in [2.24, 2.45) is 24.1 Å². The van der Waals surface area contributed by atoms with E-state index in [2.05, 4.69) is 10.1 Å². The topological polar surface area (TPSA) is 94.0 Å². The average Bonchev–Trinajstić information content (AvgIpc) is 3.01. The van der Waals surface area contributed by atoms with Gasteiger partial charge in [-0.2, -0.15) is 5.10 Å². The van der Waals surface area contributed by atoms with Crippen LogP contribution in [-0.4, -0.2) is 32.4 Å². The molecule has 1 atom stereocenters. The monoisotopic (exact) mass is 238 g/mol. The number of hydrogen-bond donors (Lipinski definition) is 2. The lowest BCUT2D eigenvalue weighted by Gasteiger charge is -2.27. The van der Waals surface area contributed by atoms with E-state index in [-0.39, 0.29) is 6.54 Å². The van der Waals surface area contributed by atoms with Crippen molar-refractivity contribution in [3.63, 3.8) is 0 Å². The molecule has 1 aliphatic carbocycles. The van der Waals surface area contributed by atoms with Crippen molar-refractivity contribution in [1.82, 2.24) is 14.8 Å². The first kappa shape index (κ1) is 12.0. The highest BCUT2D eigenvalue weighted by atomic mass is 16.4. The molecule has 1 aromatic rings. The van der Waals surface area contributed by atoms with Gasteiger partial charge in [0.25, 0.3) is 0 Å². The number of aliphatic carboxylic acids is 1. The lowest BCUT2D eigenvalue weighted by atomic mass is 9.79. The molecule has 1 fully saturated rings. The molecule has 1 saturated carbocycles. The Morgan fingerprint density at radius 3 is 2.82 bits per heavy atom. The molecular weight excluding hydrogens is 220 g/mol. The summed E-state index contributed by atoms with van der Waals surface area (Å²) < 4.78 is 1.61. The minimum absolute atomic E-state index is 0.145.